The first kappa shape index (κ1) is 22.7. The van der Waals surface area contributed by atoms with Crippen LogP contribution in [0.25, 0.3) is 11.4 Å². The SMILES string of the molecule is COc1ccc(-c2noc(CCC(=O)Nc3ccc(N4CC(C)OC(C)C4)c(F)c3)n2)cc1. The molecule has 0 radical (unpaired) electrons. The molecule has 174 valence electrons. The molecular formula is C24H27FN4O4. The second kappa shape index (κ2) is 9.99. The van der Waals surface area contributed by atoms with Crippen molar-refractivity contribution in [2.75, 3.05) is 30.4 Å². The predicted octanol–water partition coefficient (Wildman–Crippen LogP) is 4.07. The number of aryl methyl sites for hydroxylation is 1. The summed E-state index contributed by atoms with van der Waals surface area (Å²) in [7, 11) is 1.60. The van der Waals surface area contributed by atoms with E-state index in [0.717, 1.165) is 11.3 Å². The summed E-state index contributed by atoms with van der Waals surface area (Å²) in [6.07, 6.45) is 0.468. The van der Waals surface area contributed by atoms with E-state index < -0.39 is 0 Å². The van der Waals surface area contributed by atoms with E-state index in [1.807, 2.05) is 43.0 Å². The molecule has 3 aromatic rings. The maximum atomic E-state index is 14.7. The van der Waals surface area contributed by atoms with Crippen molar-refractivity contribution in [3.05, 3.63) is 54.2 Å². The fourth-order valence-corrected chi connectivity index (χ4v) is 3.87. The lowest BCUT2D eigenvalue weighted by atomic mass is 10.1. The van der Waals surface area contributed by atoms with Gasteiger partial charge in [0.1, 0.15) is 11.6 Å². The quantitative estimate of drug-likeness (QED) is 0.576. The number of nitrogens with one attached hydrogen (secondary N) is 1. The van der Waals surface area contributed by atoms with Gasteiger partial charge < -0.3 is 24.2 Å². The highest BCUT2D eigenvalue weighted by atomic mass is 19.1. The highest BCUT2D eigenvalue weighted by molar-refractivity contribution is 5.91. The Morgan fingerprint density at radius 3 is 2.58 bits per heavy atom. The lowest BCUT2D eigenvalue weighted by Gasteiger charge is -2.37. The van der Waals surface area contributed by atoms with E-state index in [2.05, 4.69) is 15.5 Å². The van der Waals surface area contributed by atoms with E-state index in [0.29, 0.717) is 36.2 Å². The number of halogens is 1. The first-order valence-corrected chi connectivity index (χ1v) is 10.9. The Bertz CT molecular complexity index is 1090. The molecule has 0 saturated carbocycles. The first-order chi connectivity index (χ1) is 15.9. The molecule has 2 atom stereocenters. The third kappa shape index (κ3) is 5.67. The van der Waals surface area contributed by atoms with Gasteiger partial charge in [0, 0.05) is 37.2 Å². The van der Waals surface area contributed by atoms with E-state index in [1.54, 1.807) is 19.2 Å². The van der Waals surface area contributed by atoms with Gasteiger partial charge in [0.15, 0.2) is 0 Å². The number of morpholine rings is 1. The van der Waals surface area contributed by atoms with Gasteiger partial charge >= 0.3 is 0 Å². The molecule has 1 fully saturated rings. The minimum Gasteiger partial charge on any atom is -0.497 e. The van der Waals surface area contributed by atoms with Crippen molar-refractivity contribution in [1.82, 2.24) is 10.1 Å². The van der Waals surface area contributed by atoms with Crippen LogP contribution in [0.3, 0.4) is 0 Å². The van der Waals surface area contributed by atoms with E-state index in [4.69, 9.17) is 14.0 Å². The van der Waals surface area contributed by atoms with Crippen molar-refractivity contribution >= 4 is 17.3 Å². The molecule has 1 saturated heterocycles. The number of rotatable bonds is 7. The topological polar surface area (TPSA) is 89.7 Å². The minimum absolute atomic E-state index is 0.0301. The lowest BCUT2D eigenvalue weighted by molar-refractivity contribution is -0.116. The maximum absolute atomic E-state index is 14.7. The van der Waals surface area contributed by atoms with Crippen LogP contribution in [0.15, 0.2) is 47.0 Å². The Hall–Kier alpha value is -3.46. The summed E-state index contributed by atoms with van der Waals surface area (Å²) < 4.78 is 30.8. The highest BCUT2D eigenvalue weighted by Gasteiger charge is 2.24. The zero-order valence-electron chi connectivity index (χ0n) is 18.9. The smallest absolute Gasteiger partial charge is 0.227 e. The van der Waals surface area contributed by atoms with Crippen molar-refractivity contribution < 1.29 is 23.2 Å². The van der Waals surface area contributed by atoms with Gasteiger partial charge in [-0.15, -0.1) is 0 Å². The average Bonchev–Trinajstić information content (AvgIpc) is 3.26. The third-order valence-corrected chi connectivity index (χ3v) is 5.37. The molecule has 9 heteroatoms. The number of amides is 1. The van der Waals surface area contributed by atoms with E-state index >= 15 is 0 Å². The Morgan fingerprint density at radius 2 is 1.91 bits per heavy atom. The molecule has 1 amide bonds. The van der Waals surface area contributed by atoms with E-state index in [1.165, 1.54) is 6.07 Å². The van der Waals surface area contributed by atoms with Gasteiger partial charge in [-0.2, -0.15) is 4.98 Å². The number of nitrogens with zero attached hydrogens (tertiary/aromatic N) is 3. The van der Waals surface area contributed by atoms with Crippen molar-refractivity contribution in [2.45, 2.75) is 38.9 Å². The van der Waals surface area contributed by atoms with Crippen molar-refractivity contribution in [3.63, 3.8) is 0 Å². The fraction of sp³-hybridized carbons (Fsp3) is 0.375. The van der Waals surface area contributed by atoms with Crippen LogP contribution >= 0.6 is 0 Å². The summed E-state index contributed by atoms with van der Waals surface area (Å²) in [6, 6.07) is 12.0. The summed E-state index contributed by atoms with van der Waals surface area (Å²) in [6.45, 7) is 5.18. The lowest BCUT2D eigenvalue weighted by Crippen LogP contribution is -2.45. The first-order valence-electron chi connectivity index (χ1n) is 10.9. The van der Waals surface area contributed by atoms with Crippen LogP contribution in [-0.2, 0) is 16.0 Å². The number of hydrogen-bond donors (Lipinski definition) is 1. The summed E-state index contributed by atoms with van der Waals surface area (Å²) in [5.41, 5.74) is 1.70. The highest BCUT2D eigenvalue weighted by Crippen LogP contribution is 2.26. The number of carbonyl (C=O) groups excluding carboxylic acids is 1. The molecule has 1 N–H and O–H groups in total. The van der Waals surface area contributed by atoms with Crippen LogP contribution in [0.1, 0.15) is 26.2 Å². The van der Waals surface area contributed by atoms with Gasteiger partial charge in [0.05, 0.1) is 25.0 Å². The van der Waals surface area contributed by atoms with Crippen LogP contribution in [-0.4, -0.2) is 48.5 Å². The Labute approximate surface area is 191 Å². The second-order valence-electron chi connectivity index (χ2n) is 8.12. The Morgan fingerprint density at radius 1 is 1.18 bits per heavy atom. The molecule has 4 rings (SSSR count). The molecule has 2 aromatic carbocycles. The fourth-order valence-electron chi connectivity index (χ4n) is 3.87. The molecule has 33 heavy (non-hydrogen) atoms. The van der Waals surface area contributed by atoms with Crippen molar-refractivity contribution in [1.29, 1.82) is 0 Å². The number of methoxy groups -OCH3 is 1. The molecule has 0 aliphatic carbocycles. The minimum atomic E-state index is -0.380. The zero-order chi connectivity index (χ0) is 23.4. The number of benzene rings is 2. The zero-order valence-corrected chi connectivity index (χ0v) is 18.9. The van der Waals surface area contributed by atoms with Crippen LogP contribution < -0.4 is 15.0 Å². The third-order valence-electron chi connectivity index (χ3n) is 5.37. The number of aromatic nitrogens is 2. The Kier molecular flexibility index (Phi) is 6.88. The summed E-state index contributed by atoms with van der Waals surface area (Å²) >= 11 is 0. The van der Waals surface area contributed by atoms with Crippen LogP contribution in [0.4, 0.5) is 15.8 Å². The number of hydrogen-bond acceptors (Lipinski definition) is 7. The molecule has 1 aromatic heterocycles. The molecule has 0 spiro atoms. The molecule has 0 bridgehead atoms. The molecular weight excluding hydrogens is 427 g/mol. The number of ether oxygens (including phenoxy) is 2. The second-order valence-corrected chi connectivity index (χ2v) is 8.12. The summed E-state index contributed by atoms with van der Waals surface area (Å²) in [5.74, 6) is 0.887. The van der Waals surface area contributed by atoms with Crippen LogP contribution in [0, 0.1) is 5.82 Å². The van der Waals surface area contributed by atoms with E-state index in [-0.39, 0.29) is 36.8 Å². The average molecular weight is 455 g/mol. The summed E-state index contributed by atoms with van der Waals surface area (Å²) in [5, 5.41) is 6.68. The standard InChI is InChI=1S/C24H27FN4O4/c1-15-13-29(14-16(2)32-15)21-9-6-18(12-20(21)25)26-22(30)10-11-23-27-24(28-33-23)17-4-7-19(31-3)8-5-17/h4-9,12,15-16H,10-11,13-14H2,1-3H3,(H,26,30). The van der Waals surface area contributed by atoms with Crippen LogP contribution in [0.2, 0.25) is 0 Å². The van der Waals surface area contributed by atoms with E-state index in [9.17, 15) is 9.18 Å². The summed E-state index contributed by atoms with van der Waals surface area (Å²) in [4.78, 5) is 18.7. The van der Waals surface area contributed by atoms with Gasteiger partial charge in [-0.25, -0.2) is 4.39 Å². The van der Waals surface area contributed by atoms with Crippen molar-refractivity contribution in [3.8, 4) is 17.1 Å². The van der Waals surface area contributed by atoms with Gasteiger partial charge in [0.25, 0.3) is 0 Å². The normalized spacial score (nSPS) is 18.2. The molecule has 8 nitrogen and oxygen atoms in total. The van der Waals surface area contributed by atoms with Gasteiger partial charge in [-0.05, 0) is 56.3 Å². The van der Waals surface area contributed by atoms with Crippen LogP contribution in [0.5, 0.6) is 5.75 Å². The predicted molar refractivity (Wildman–Crippen MR) is 122 cm³/mol. The Balaban J connectivity index is 1.32. The number of anilines is 2. The van der Waals surface area contributed by atoms with Gasteiger partial charge in [0.2, 0.25) is 17.6 Å². The molecule has 1 aliphatic heterocycles. The molecule has 1 aliphatic rings. The van der Waals surface area contributed by atoms with Gasteiger partial charge in [-0.1, -0.05) is 5.16 Å². The van der Waals surface area contributed by atoms with Gasteiger partial charge in [-0.3, -0.25) is 4.79 Å². The largest absolute Gasteiger partial charge is 0.497 e. The maximum Gasteiger partial charge on any atom is 0.227 e. The molecule has 2 unspecified atom stereocenters. The molecule has 2 heterocycles. The van der Waals surface area contributed by atoms with Crippen molar-refractivity contribution in [2.24, 2.45) is 0 Å². The monoisotopic (exact) mass is 454 g/mol. The number of carbonyl (C=O) groups is 1.